The van der Waals surface area contributed by atoms with Crippen molar-refractivity contribution >= 4 is 26.7 Å². The Bertz CT molecular complexity index is 656. The second-order valence-electron chi connectivity index (χ2n) is 7.89. The number of carbonyl (C=O) groups excluding carboxylic acids is 3. The maximum atomic E-state index is 12.8. The minimum absolute atomic E-state index is 0.0215. The molecule has 0 saturated carbocycles. The van der Waals surface area contributed by atoms with Crippen LogP contribution in [0.25, 0.3) is 0 Å². The highest BCUT2D eigenvalue weighted by Gasteiger charge is 2.44. The fourth-order valence-corrected chi connectivity index (χ4v) is 2.98. The molecule has 1 rings (SSSR count). The summed E-state index contributed by atoms with van der Waals surface area (Å²) in [7, 11) is -2.50. The molecule has 0 aliphatic carbocycles. The summed E-state index contributed by atoms with van der Waals surface area (Å²) in [5.41, 5.74) is 0.797. The highest BCUT2D eigenvalue weighted by molar-refractivity contribution is 6.74. The molecular weight excluding hydrogens is 378 g/mol. The van der Waals surface area contributed by atoms with Crippen molar-refractivity contribution in [3.8, 4) is 0 Å². The van der Waals surface area contributed by atoms with Gasteiger partial charge in [0.1, 0.15) is 12.9 Å². The van der Waals surface area contributed by atoms with Crippen LogP contribution >= 0.6 is 0 Å². The molecule has 1 aromatic carbocycles. The molecule has 0 aromatic heterocycles. The molecule has 156 valence electrons. The van der Waals surface area contributed by atoms with Crippen molar-refractivity contribution < 1.29 is 28.4 Å². The molecule has 0 radical (unpaired) electrons. The topological polar surface area (TPSA) is 82.1 Å². The number of nitrogens with zero attached hydrogens (tertiary/aromatic N) is 1. The zero-order chi connectivity index (χ0) is 21.4. The van der Waals surface area contributed by atoms with Crippen LogP contribution < -0.4 is 0 Å². The molecular formula is C20H31NO6Si. The number of amides is 1. The van der Waals surface area contributed by atoms with Crippen molar-refractivity contribution in [3.05, 3.63) is 35.9 Å². The van der Waals surface area contributed by atoms with Gasteiger partial charge in [-0.1, -0.05) is 51.1 Å². The standard InChI is InChI=1S/C20H31NO6Si/c1-7-25-18(23)17(13-14-22)21(27-28(5,6)20(2,3)4)19(24)26-15-16-11-9-8-10-12-16/h8-12,14,17H,7,13,15H2,1-6H3/t17-/m0/s1. The monoisotopic (exact) mass is 409 g/mol. The number of hydrogen-bond donors (Lipinski definition) is 0. The van der Waals surface area contributed by atoms with Crippen molar-refractivity contribution in [2.45, 2.75) is 64.9 Å². The van der Waals surface area contributed by atoms with Gasteiger partial charge >= 0.3 is 12.1 Å². The number of aldehydes is 1. The predicted molar refractivity (Wildman–Crippen MR) is 108 cm³/mol. The molecule has 1 aromatic rings. The van der Waals surface area contributed by atoms with Gasteiger partial charge in [-0.3, -0.25) is 0 Å². The van der Waals surface area contributed by atoms with E-state index in [-0.39, 0.29) is 24.7 Å². The van der Waals surface area contributed by atoms with E-state index in [1.54, 1.807) is 6.92 Å². The lowest BCUT2D eigenvalue weighted by molar-refractivity contribution is -0.164. The number of benzene rings is 1. The van der Waals surface area contributed by atoms with E-state index < -0.39 is 26.4 Å². The van der Waals surface area contributed by atoms with Gasteiger partial charge in [0.15, 0.2) is 6.04 Å². The van der Waals surface area contributed by atoms with E-state index in [4.69, 9.17) is 14.0 Å². The molecule has 0 fully saturated rings. The summed E-state index contributed by atoms with van der Waals surface area (Å²) in [6, 6.07) is 7.97. The van der Waals surface area contributed by atoms with Crippen molar-refractivity contribution in [2.75, 3.05) is 6.61 Å². The number of hydroxylamine groups is 2. The van der Waals surface area contributed by atoms with Gasteiger partial charge in [-0.2, -0.15) is 5.06 Å². The Hall–Kier alpha value is -2.19. The lowest BCUT2D eigenvalue weighted by Crippen LogP contribution is -2.54. The van der Waals surface area contributed by atoms with Crippen LogP contribution in [0.1, 0.15) is 39.7 Å². The van der Waals surface area contributed by atoms with Crippen molar-refractivity contribution in [1.29, 1.82) is 0 Å². The highest BCUT2D eigenvalue weighted by atomic mass is 28.4. The fourth-order valence-electron chi connectivity index (χ4n) is 2.01. The third-order valence-corrected chi connectivity index (χ3v) is 8.94. The van der Waals surface area contributed by atoms with Crippen LogP contribution in [-0.4, -0.2) is 44.4 Å². The van der Waals surface area contributed by atoms with Crippen molar-refractivity contribution in [3.63, 3.8) is 0 Å². The van der Waals surface area contributed by atoms with Gasteiger partial charge in [0, 0.05) is 6.42 Å². The van der Waals surface area contributed by atoms with E-state index in [0.29, 0.717) is 6.29 Å². The zero-order valence-corrected chi connectivity index (χ0v) is 18.6. The molecule has 0 aliphatic heterocycles. The second-order valence-corrected chi connectivity index (χ2v) is 12.6. The average Bonchev–Trinajstić information content (AvgIpc) is 2.62. The minimum atomic E-state index is -2.50. The first-order valence-electron chi connectivity index (χ1n) is 9.32. The van der Waals surface area contributed by atoms with Gasteiger partial charge in [-0.15, -0.1) is 0 Å². The van der Waals surface area contributed by atoms with Crippen molar-refractivity contribution in [1.82, 2.24) is 5.06 Å². The second kappa shape index (κ2) is 10.4. The Balaban J connectivity index is 3.11. The van der Waals surface area contributed by atoms with Gasteiger partial charge in [-0.05, 0) is 30.6 Å². The Kier molecular flexibility index (Phi) is 8.84. The van der Waals surface area contributed by atoms with Crippen molar-refractivity contribution in [2.24, 2.45) is 0 Å². The molecule has 0 aliphatic rings. The summed E-state index contributed by atoms with van der Waals surface area (Å²) in [6.45, 7) is 11.7. The van der Waals surface area contributed by atoms with Crippen LogP contribution in [0.15, 0.2) is 30.3 Å². The maximum Gasteiger partial charge on any atom is 0.434 e. The van der Waals surface area contributed by atoms with E-state index in [0.717, 1.165) is 10.6 Å². The average molecular weight is 410 g/mol. The number of rotatable bonds is 9. The summed E-state index contributed by atoms with van der Waals surface area (Å²) in [6.07, 6.45) is -0.504. The Labute approximate surface area is 168 Å². The summed E-state index contributed by atoms with van der Waals surface area (Å²) < 4.78 is 16.5. The highest BCUT2D eigenvalue weighted by Crippen LogP contribution is 2.37. The van der Waals surface area contributed by atoms with Crippen LogP contribution in [0.4, 0.5) is 4.79 Å². The molecule has 0 spiro atoms. The van der Waals surface area contributed by atoms with Gasteiger partial charge in [0.05, 0.1) is 6.61 Å². The number of carbonyl (C=O) groups is 3. The van der Waals surface area contributed by atoms with Crippen LogP contribution in [0.2, 0.25) is 18.1 Å². The largest absolute Gasteiger partial charge is 0.464 e. The third kappa shape index (κ3) is 6.76. The molecule has 0 saturated heterocycles. The Morgan fingerprint density at radius 1 is 1.14 bits per heavy atom. The minimum Gasteiger partial charge on any atom is -0.464 e. The smallest absolute Gasteiger partial charge is 0.434 e. The summed E-state index contributed by atoms with van der Waals surface area (Å²) in [5, 5.41) is 0.665. The summed E-state index contributed by atoms with van der Waals surface area (Å²) in [4.78, 5) is 36.4. The number of hydrogen-bond acceptors (Lipinski definition) is 6. The Morgan fingerprint density at radius 3 is 2.25 bits per heavy atom. The van der Waals surface area contributed by atoms with Crippen LogP contribution in [-0.2, 0) is 30.2 Å². The molecule has 7 nitrogen and oxygen atoms in total. The molecule has 1 amide bonds. The first kappa shape index (κ1) is 23.8. The van der Waals surface area contributed by atoms with E-state index in [1.165, 1.54) is 0 Å². The first-order valence-corrected chi connectivity index (χ1v) is 12.2. The van der Waals surface area contributed by atoms with E-state index in [9.17, 15) is 14.4 Å². The zero-order valence-electron chi connectivity index (χ0n) is 17.6. The molecule has 1 atom stereocenters. The van der Waals surface area contributed by atoms with E-state index in [1.807, 2.05) is 64.2 Å². The van der Waals surface area contributed by atoms with Gasteiger partial charge in [0.25, 0.3) is 0 Å². The molecule has 0 heterocycles. The number of esters is 1. The SMILES string of the molecule is CCOC(=O)[C@H](CC=O)N(O[Si](C)(C)C(C)(C)C)C(=O)OCc1ccccc1. The maximum absolute atomic E-state index is 12.8. The molecule has 0 unspecified atom stereocenters. The normalized spacial score (nSPS) is 12.8. The van der Waals surface area contributed by atoms with Crippen LogP contribution in [0.3, 0.4) is 0 Å². The van der Waals surface area contributed by atoms with Crippen LogP contribution in [0, 0.1) is 0 Å². The lowest BCUT2D eigenvalue weighted by atomic mass is 10.2. The van der Waals surface area contributed by atoms with E-state index in [2.05, 4.69) is 0 Å². The summed E-state index contributed by atoms with van der Waals surface area (Å²) in [5.74, 6) is -0.704. The van der Waals surface area contributed by atoms with Crippen LogP contribution in [0.5, 0.6) is 0 Å². The summed E-state index contributed by atoms with van der Waals surface area (Å²) >= 11 is 0. The third-order valence-electron chi connectivity index (χ3n) is 4.68. The van der Waals surface area contributed by atoms with Gasteiger partial charge in [-0.25, -0.2) is 9.59 Å². The lowest BCUT2D eigenvalue weighted by Gasteiger charge is -2.40. The van der Waals surface area contributed by atoms with E-state index >= 15 is 0 Å². The number of ether oxygens (including phenoxy) is 2. The fraction of sp³-hybridized carbons (Fsp3) is 0.550. The first-order chi connectivity index (χ1) is 13.0. The molecule has 0 N–H and O–H groups in total. The van der Waals surface area contributed by atoms with Gasteiger partial charge < -0.3 is 18.8 Å². The molecule has 8 heteroatoms. The predicted octanol–water partition coefficient (Wildman–Crippen LogP) is 4.08. The van der Waals surface area contributed by atoms with Gasteiger partial charge in [0.2, 0.25) is 8.32 Å². The molecule has 0 bridgehead atoms. The quantitative estimate of drug-likeness (QED) is 0.264. The molecule has 28 heavy (non-hydrogen) atoms. The Morgan fingerprint density at radius 2 is 1.75 bits per heavy atom.